The third-order valence-corrected chi connectivity index (χ3v) is 7.14. The van der Waals surface area contributed by atoms with Crippen molar-refractivity contribution in [1.29, 1.82) is 0 Å². The van der Waals surface area contributed by atoms with Gasteiger partial charge in [0.1, 0.15) is 18.4 Å². The predicted octanol–water partition coefficient (Wildman–Crippen LogP) is 6.35. The van der Waals surface area contributed by atoms with Crippen LogP contribution in [0, 0.1) is 12.7 Å². The van der Waals surface area contributed by atoms with E-state index in [9.17, 15) is 14.0 Å². The van der Waals surface area contributed by atoms with Crippen molar-refractivity contribution in [3.63, 3.8) is 0 Å². The first-order valence-electron chi connectivity index (χ1n) is 13.7. The number of carbonyl (C=O) groups is 2. The van der Waals surface area contributed by atoms with Gasteiger partial charge in [-0.05, 0) is 42.7 Å². The maximum Gasteiger partial charge on any atom is 0.329 e. The van der Waals surface area contributed by atoms with E-state index in [1.54, 1.807) is 43.3 Å². The third kappa shape index (κ3) is 6.24. The van der Waals surface area contributed by atoms with Crippen LogP contribution in [0.25, 0.3) is 0 Å². The fraction of sp³-hybridized carbons (Fsp3) is 0.235. The normalized spacial score (nSPS) is 15.0. The second kappa shape index (κ2) is 12.7. The number of hydrogen-bond acceptors (Lipinski definition) is 5. The lowest BCUT2D eigenvalue weighted by molar-refractivity contribution is -0.159. The molecule has 4 aromatic rings. The van der Waals surface area contributed by atoms with Gasteiger partial charge >= 0.3 is 5.97 Å². The van der Waals surface area contributed by atoms with Crippen LogP contribution in [-0.4, -0.2) is 29.4 Å². The van der Waals surface area contributed by atoms with Crippen molar-refractivity contribution in [2.24, 2.45) is 0 Å². The molecule has 0 saturated carbocycles. The molecule has 1 heterocycles. The Bertz CT molecular complexity index is 1510. The lowest BCUT2D eigenvalue weighted by Crippen LogP contribution is -2.51. The zero-order valence-electron chi connectivity index (χ0n) is 23.1. The molecule has 0 spiro atoms. The number of aryl methyl sites for hydroxylation is 1. The Hall–Kier alpha value is -4.65. The number of hydrogen-bond donors (Lipinski definition) is 0. The average Bonchev–Trinajstić information content (AvgIpc) is 3.00. The van der Waals surface area contributed by atoms with E-state index in [0.29, 0.717) is 17.9 Å². The molecule has 7 heteroatoms. The Morgan fingerprint density at radius 2 is 1.61 bits per heavy atom. The molecule has 1 amide bonds. The number of fused-ring (bicyclic) bond motifs is 1. The maximum absolute atomic E-state index is 14.6. The number of nitrogens with zero attached hydrogens (tertiary/aromatic N) is 1. The van der Waals surface area contributed by atoms with Crippen molar-refractivity contribution in [2.75, 3.05) is 6.61 Å². The molecule has 0 bridgehead atoms. The van der Waals surface area contributed by atoms with Gasteiger partial charge in [-0.3, -0.25) is 4.79 Å². The first-order chi connectivity index (χ1) is 20.0. The molecule has 0 fully saturated rings. The van der Waals surface area contributed by atoms with Crippen LogP contribution < -0.4 is 9.47 Å². The summed E-state index contributed by atoms with van der Waals surface area (Å²) in [5.74, 6) is -0.903. The van der Waals surface area contributed by atoms with Crippen molar-refractivity contribution in [3.8, 4) is 11.5 Å². The summed E-state index contributed by atoms with van der Waals surface area (Å²) in [5, 5.41) is 0. The monoisotopic (exact) mass is 553 g/mol. The first-order valence-corrected chi connectivity index (χ1v) is 13.7. The zero-order chi connectivity index (χ0) is 28.8. The van der Waals surface area contributed by atoms with Gasteiger partial charge in [0.05, 0.1) is 6.61 Å². The maximum atomic E-state index is 14.6. The highest BCUT2D eigenvalue weighted by Crippen LogP contribution is 2.36. The summed E-state index contributed by atoms with van der Waals surface area (Å²) in [6.07, 6.45) is -0.960. The van der Waals surface area contributed by atoms with Gasteiger partial charge in [-0.15, -0.1) is 0 Å². The fourth-order valence-corrected chi connectivity index (χ4v) is 5.07. The van der Waals surface area contributed by atoms with Gasteiger partial charge in [-0.2, -0.15) is 0 Å². The summed E-state index contributed by atoms with van der Waals surface area (Å²) in [6, 6.07) is 27.7. The number of amides is 1. The van der Waals surface area contributed by atoms with Crippen LogP contribution in [0.15, 0.2) is 97.1 Å². The molecule has 5 rings (SSSR count). The van der Waals surface area contributed by atoms with Crippen molar-refractivity contribution < 1.29 is 28.2 Å². The Kier molecular flexibility index (Phi) is 8.63. The van der Waals surface area contributed by atoms with E-state index >= 15 is 0 Å². The smallest absolute Gasteiger partial charge is 0.329 e. The Morgan fingerprint density at radius 1 is 0.927 bits per heavy atom. The molecule has 6 nitrogen and oxygen atoms in total. The van der Waals surface area contributed by atoms with E-state index in [1.807, 2.05) is 55.5 Å². The minimum atomic E-state index is -1.18. The van der Waals surface area contributed by atoms with Crippen LogP contribution in [0.4, 0.5) is 4.39 Å². The third-order valence-electron chi connectivity index (χ3n) is 7.14. The molecular formula is C34H32FNO5. The van der Waals surface area contributed by atoms with Gasteiger partial charge in [0.2, 0.25) is 6.10 Å². The van der Waals surface area contributed by atoms with Gasteiger partial charge in [0, 0.05) is 24.1 Å². The van der Waals surface area contributed by atoms with E-state index in [0.717, 1.165) is 22.3 Å². The van der Waals surface area contributed by atoms with Gasteiger partial charge in [-0.25, -0.2) is 9.18 Å². The summed E-state index contributed by atoms with van der Waals surface area (Å²) in [4.78, 5) is 29.0. The van der Waals surface area contributed by atoms with Crippen molar-refractivity contribution in [1.82, 2.24) is 4.90 Å². The van der Waals surface area contributed by atoms with E-state index in [-0.39, 0.29) is 25.3 Å². The number of halogens is 1. The molecule has 41 heavy (non-hydrogen) atoms. The number of carbonyl (C=O) groups excluding carboxylic acids is 2. The number of benzene rings is 4. The minimum absolute atomic E-state index is 0.0491. The number of esters is 1. The SMILES string of the molecule is CCOC(=O)[C@@H]1Cc2c(ccc(C)c2OCc2ccccc2)CN1C(=O)C(Oc1ccccc1F)c1ccccc1. The number of para-hydroxylation sites is 1. The molecular weight excluding hydrogens is 521 g/mol. The Balaban J connectivity index is 1.51. The number of ether oxygens (including phenoxy) is 3. The molecule has 0 radical (unpaired) electrons. The van der Waals surface area contributed by atoms with Crippen LogP contribution in [0.3, 0.4) is 0 Å². The molecule has 0 N–H and O–H groups in total. The largest absolute Gasteiger partial charge is 0.488 e. The topological polar surface area (TPSA) is 65.1 Å². The molecule has 210 valence electrons. The molecule has 2 atom stereocenters. The van der Waals surface area contributed by atoms with E-state index in [4.69, 9.17) is 14.2 Å². The molecule has 4 aromatic carbocycles. The Labute approximate surface area is 239 Å². The Morgan fingerprint density at radius 3 is 2.32 bits per heavy atom. The quantitative estimate of drug-likeness (QED) is 0.226. The zero-order valence-corrected chi connectivity index (χ0v) is 23.1. The second-order valence-electron chi connectivity index (χ2n) is 9.90. The van der Waals surface area contributed by atoms with E-state index in [2.05, 4.69) is 0 Å². The molecule has 0 saturated heterocycles. The lowest BCUT2D eigenvalue weighted by atomic mass is 9.90. The van der Waals surface area contributed by atoms with Gasteiger partial charge in [0.15, 0.2) is 11.6 Å². The van der Waals surface area contributed by atoms with Crippen molar-refractivity contribution >= 4 is 11.9 Å². The molecule has 0 aliphatic carbocycles. The number of rotatable bonds is 9. The van der Waals surface area contributed by atoms with Crippen molar-refractivity contribution in [3.05, 3.63) is 131 Å². The summed E-state index contributed by atoms with van der Waals surface area (Å²) in [7, 11) is 0. The van der Waals surface area contributed by atoms with E-state index < -0.39 is 29.8 Å². The minimum Gasteiger partial charge on any atom is -0.488 e. The average molecular weight is 554 g/mol. The summed E-state index contributed by atoms with van der Waals surface area (Å²) in [6.45, 7) is 4.38. The second-order valence-corrected chi connectivity index (χ2v) is 9.90. The highest BCUT2D eigenvalue weighted by atomic mass is 19.1. The first kappa shape index (κ1) is 27.9. The van der Waals surface area contributed by atoms with Crippen LogP contribution in [0.5, 0.6) is 11.5 Å². The van der Waals surface area contributed by atoms with Gasteiger partial charge in [0.25, 0.3) is 5.91 Å². The lowest BCUT2D eigenvalue weighted by Gasteiger charge is -2.38. The van der Waals surface area contributed by atoms with Crippen LogP contribution in [0.1, 0.15) is 40.8 Å². The predicted molar refractivity (Wildman–Crippen MR) is 153 cm³/mol. The highest BCUT2D eigenvalue weighted by Gasteiger charge is 2.41. The summed E-state index contributed by atoms with van der Waals surface area (Å²) < 4.78 is 32.3. The highest BCUT2D eigenvalue weighted by molar-refractivity contribution is 5.89. The van der Waals surface area contributed by atoms with Crippen molar-refractivity contribution in [2.45, 2.75) is 45.6 Å². The molecule has 1 unspecified atom stereocenters. The summed E-state index contributed by atoms with van der Waals surface area (Å²) in [5.41, 5.74) is 4.24. The van der Waals surface area contributed by atoms with Crippen LogP contribution >= 0.6 is 0 Å². The fourth-order valence-electron chi connectivity index (χ4n) is 5.07. The van der Waals surface area contributed by atoms with Crippen LogP contribution in [-0.2, 0) is 33.9 Å². The molecule has 1 aliphatic rings. The molecule has 1 aliphatic heterocycles. The van der Waals surface area contributed by atoms with Gasteiger partial charge in [-0.1, -0.05) is 84.9 Å². The standard InChI is InChI=1S/C34H32FNO5/c1-3-39-34(38)29-20-27-26(19-18-23(2)31(27)40-22-24-12-6-4-7-13-24)21-36(29)33(37)32(25-14-8-5-9-15-25)41-30-17-11-10-16-28(30)35/h4-19,29,32H,3,20-22H2,1-2H3/t29-,32?/m0/s1. The van der Waals surface area contributed by atoms with E-state index in [1.165, 1.54) is 17.0 Å². The molecule has 0 aromatic heterocycles. The van der Waals surface area contributed by atoms with Crippen LogP contribution in [0.2, 0.25) is 0 Å². The summed E-state index contributed by atoms with van der Waals surface area (Å²) >= 11 is 0. The van der Waals surface area contributed by atoms with Gasteiger partial charge < -0.3 is 19.1 Å².